The number of imidazole rings is 1. The van der Waals surface area contributed by atoms with Gasteiger partial charge in [-0.3, -0.25) is 4.90 Å². The van der Waals surface area contributed by atoms with Gasteiger partial charge in [-0.2, -0.15) is 0 Å². The van der Waals surface area contributed by atoms with Crippen molar-refractivity contribution in [2.24, 2.45) is 0 Å². The molecular formula is C14H21N3O. The molecule has 0 saturated heterocycles. The molecule has 4 nitrogen and oxygen atoms in total. The number of pyridine rings is 1. The molecule has 0 aliphatic heterocycles. The molecule has 0 unspecified atom stereocenters. The summed E-state index contributed by atoms with van der Waals surface area (Å²) in [5.74, 6) is 0. The van der Waals surface area contributed by atoms with Gasteiger partial charge in [0.25, 0.3) is 0 Å². The highest BCUT2D eigenvalue weighted by Crippen LogP contribution is 2.10. The molecule has 18 heavy (non-hydrogen) atoms. The summed E-state index contributed by atoms with van der Waals surface area (Å²) in [5, 5.41) is 9.07. The van der Waals surface area contributed by atoms with Gasteiger partial charge in [0.2, 0.25) is 0 Å². The molecule has 0 spiro atoms. The molecule has 0 saturated carbocycles. The SMILES string of the molecule is Cc1ccc2nc(CN(CCO)C(C)C)cn2c1. The van der Waals surface area contributed by atoms with Crippen LogP contribution in [0.3, 0.4) is 0 Å². The van der Waals surface area contributed by atoms with Gasteiger partial charge in [-0.1, -0.05) is 6.07 Å². The molecule has 4 heteroatoms. The Kier molecular flexibility index (Phi) is 3.99. The van der Waals surface area contributed by atoms with E-state index in [4.69, 9.17) is 5.11 Å². The number of fused-ring (bicyclic) bond motifs is 1. The van der Waals surface area contributed by atoms with Gasteiger partial charge in [-0.15, -0.1) is 0 Å². The summed E-state index contributed by atoms with van der Waals surface area (Å²) >= 11 is 0. The maximum atomic E-state index is 9.07. The minimum atomic E-state index is 0.185. The molecular weight excluding hydrogens is 226 g/mol. The van der Waals surface area contributed by atoms with Crippen LogP contribution in [-0.4, -0.2) is 38.6 Å². The summed E-state index contributed by atoms with van der Waals surface area (Å²) in [6, 6.07) is 4.51. The smallest absolute Gasteiger partial charge is 0.137 e. The third kappa shape index (κ3) is 2.89. The van der Waals surface area contributed by atoms with Gasteiger partial charge in [-0.25, -0.2) is 4.98 Å². The van der Waals surface area contributed by atoms with Crippen molar-refractivity contribution in [3.63, 3.8) is 0 Å². The first-order valence-electron chi connectivity index (χ1n) is 6.39. The lowest BCUT2D eigenvalue weighted by molar-refractivity contribution is 0.158. The van der Waals surface area contributed by atoms with Gasteiger partial charge < -0.3 is 9.51 Å². The summed E-state index contributed by atoms with van der Waals surface area (Å²) in [4.78, 5) is 6.81. The highest BCUT2D eigenvalue weighted by molar-refractivity contribution is 5.41. The highest BCUT2D eigenvalue weighted by Gasteiger charge is 2.11. The van der Waals surface area contributed by atoms with Crippen molar-refractivity contribution >= 4 is 5.65 Å². The van der Waals surface area contributed by atoms with E-state index in [1.165, 1.54) is 5.56 Å². The number of aliphatic hydroxyl groups excluding tert-OH is 1. The zero-order valence-electron chi connectivity index (χ0n) is 11.3. The molecule has 0 aliphatic rings. The molecule has 0 aliphatic carbocycles. The maximum absolute atomic E-state index is 9.07. The second kappa shape index (κ2) is 5.50. The number of aryl methyl sites for hydroxylation is 1. The lowest BCUT2D eigenvalue weighted by atomic mass is 10.3. The zero-order valence-corrected chi connectivity index (χ0v) is 11.3. The number of aromatic nitrogens is 2. The third-order valence-electron chi connectivity index (χ3n) is 3.13. The van der Waals surface area contributed by atoms with Crippen molar-refractivity contribution in [3.8, 4) is 0 Å². The molecule has 2 aromatic heterocycles. The second-order valence-corrected chi connectivity index (χ2v) is 4.99. The quantitative estimate of drug-likeness (QED) is 0.876. The Balaban J connectivity index is 2.20. The predicted molar refractivity (Wildman–Crippen MR) is 72.6 cm³/mol. The number of rotatable bonds is 5. The van der Waals surface area contributed by atoms with Gasteiger partial charge in [0.15, 0.2) is 0 Å². The standard InChI is InChI=1S/C14H21N3O/c1-11(2)16(6-7-18)9-13-10-17-8-12(3)4-5-14(17)15-13/h4-5,8,10-11,18H,6-7,9H2,1-3H3. The van der Waals surface area contributed by atoms with E-state index in [2.05, 4.69) is 53.5 Å². The van der Waals surface area contributed by atoms with Gasteiger partial charge >= 0.3 is 0 Å². The summed E-state index contributed by atoms with van der Waals surface area (Å²) in [5.41, 5.74) is 3.24. The molecule has 0 radical (unpaired) electrons. The summed E-state index contributed by atoms with van der Waals surface area (Å²) in [6.45, 7) is 7.99. The number of hydrogen-bond acceptors (Lipinski definition) is 3. The van der Waals surface area contributed by atoms with Crippen molar-refractivity contribution in [1.82, 2.24) is 14.3 Å². The minimum Gasteiger partial charge on any atom is -0.395 e. The predicted octanol–water partition coefficient (Wildman–Crippen LogP) is 1.85. The summed E-state index contributed by atoms with van der Waals surface area (Å²) < 4.78 is 2.06. The largest absolute Gasteiger partial charge is 0.395 e. The van der Waals surface area contributed by atoms with Crippen LogP contribution >= 0.6 is 0 Å². The average molecular weight is 247 g/mol. The van der Waals surface area contributed by atoms with Crippen LogP contribution in [0.5, 0.6) is 0 Å². The molecule has 2 rings (SSSR count). The lowest BCUT2D eigenvalue weighted by Crippen LogP contribution is -2.33. The van der Waals surface area contributed by atoms with E-state index >= 15 is 0 Å². The van der Waals surface area contributed by atoms with Crippen molar-refractivity contribution < 1.29 is 5.11 Å². The number of hydrogen-bond donors (Lipinski definition) is 1. The molecule has 2 aromatic rings. The lowest BCUT2D eigenvalue weighted by Gasteiger charge is -2.24. The fourth-order valence-electron chi connectivity index (χ4n) is 2.09. The van der Waals surface area contributed by atoms with E-state index in [9.17, 15) is 0 Å². The van der Waals surface area contributed by atoms with Gasteiger partial charge in [0.05, 0.1) is 12.3 Å². The van der Waals surface area contributed by atoms with Crippen LogP contribution < -0.4 is 0 Å². The Morgan fingerprint density at radius 3 is 2.78 bits per heavy atom. The van der Waals surface area contributed by atoms with Crippen LogP contribution in [0, 0.1) is 6.92 Å². The van der Waals surface area contributed by atoms with E-state index in [0.29, 0.717) is 12.6 Å². The van der Waals surface area contributed by atoms with E-state index in [1.54, 1.807) is 0 Å². The first kappa shape index (κ1) is 13.1. The molecule has 0 fully saturated rings. The van der Waals surface area contributed by atoms with E-state index in [0.717, 1.165) is 17.9 Å². The fourth-order valence-corrected chi connectivity index (χ4v) is 2.09. The van der Waals surface area contributed by atoms with Crippen molar-refractivity contribution in [2.75, 3.05) is 13.2 Å². The van der Waals surface area contributed by atoms with Crippen LogP contribution in [-0.2, 0) is 6.54 Å². The Hall–Kier alpha value is -1.39. The van der Waals surface area contributed by atoms with Crippen LogP contribution in [0.15, 0.2) is 24.5 Å². The Morgan fingerprint density at radius 2 is 2.11 bits per heavy atom. The minimum absolute atomic E-state index is 0.185. The maximum Gasteiger partial charge on any atom is 0.137 e. The molecule has 98 valence electrons. The number of aliphatic hydroxyl groups is 1. The summed E-state index contributed by atoms with van der Waals surface area (Å²) in [6.07, 6.45) is 4.15. The molecule has 0 aromatic carbocycles. The van der Waals surface area contributed by atoms with Gasteiger partial charge in [0.1, 0.15) is 5.65 Å². The molecule has 1 N–H and O–H groups in total. The zero-order chi connectivity index (χ0) is 13.1. The topological polar surface area (TPSA) is 40.8 Å². The van der Waals surface area contributed by atoms with E-state index < -0.39 is 0 Å². The van der Waals surface area contributed by atoms with Crippen LogP contribution in [0.1, 0.15) is 25.1 Å². The van der Waals surface area contributed by atoms with Gasteiger partial charge in [-0.05, 0) is 32.4 Å². The summed E-state index contributed by atoms with van der Waals surface area (Å²) in [7, 11) is 0. The molecule has 0 atom stereocenters. The fraction of sp³-hybridized carbons (Fsp3) is 0.500. The Bertz CT molecular complexity index is 519. The molecule has 0 bridgehead atoms. The van der Waals surface area contributed by atoms with Gasteiger partial charge in [0, 0.05) is 31.5 Å². The monoisotopic (exact) mass is 247 g/mol. The average Bonchev–Trinajstić information content (AvgIpc) is 2.69. The molecule has 2 heterocycles. The van der Waals surface area contributed by atoms with Crippen molar-refractivity contribution in [1.29, 1.82) is 0 Å². The van der Waals surface area contributed by atoms with Crippen molar-refractivity contribution in [2.45, 2.75) is 33.4 Å². The van der Waals surface area contributed by atoms with Crippen LogP contribution in [0.4, 0.5) is 0 Å². The second-order valence-electron chi connectivity index (χ2n) is 4.99. The Labute approximate surface area is 108 Å². The van der Waals surface area contributed by atoms with Crippen LogP contribution in [0.2, 0.25) is 0 Å². The first-order chi connectivity index (χ1) is 8.60. The normalized spacial score (nSPS) is 11.9. The number of nitrogens with zero attached hydrogens (tertiary/aromatic N) is 3. The van der Waals surface area contributed by atoms with E-state index in [-0.39, 0.29) is 6.61 Å². The highest BCUT2D eigenvalue weighted by atomic mass is 16.3. The van der Waals surface area contributed by atoms with Crippen molar-refractivity contribution in [3.05, 3.63) is 35.8 Å². The molecule has 0 amide bonds. The van der Waals surface area contributed by atoms with E-state index in [1.807, 2.05) is 6.07 Å². The van der Waals surface area contributed by atoms with Crippen LogP contribution in [0.25, 0.3) is 5.65 Å². The third-order valence-corrected chi connectivity index (χ3v) is 3.13. The Morgan fingerprint density at radius 1 is 1.33 bits per heavy atom. The first-order valence-corrected chi connectivity index (χ1v) is 6.39.